The smallest absolute Gasteiger partial charge is 0.287 e. The van der Waals surface area contributed by atoms with Gasteiger partial charge in [0.25, 0.3) is 5.91 Å². The van der Waals surface area contributed by atoms with E-state index in [0.29, 0.717) is 0 Å². The van der Waals surface area contributed by atoms with Gasteiger partial charge in [0, 0.05) is 47.4 Å². The van der Waals surface area contributed by atoms with Crippen LogP contribution in [-0.2, 0) is 23.9 Å². The zero-order valence-electron chi connectivity index (χ0n) is 23.9. The third kappa shape index (κ3) is 3.72. The SMILES string of the molecule is COC1=C(C)C(=O)C2=C(C1=O)C(CNC(=O)C(C)=O)N1C(C#N)C3C(=O)c4c(O)c(C)c(OC)c(O)c4C(C1C2)N3C. The maximum absolute atomic E-state index is 14.0. The number of benzene rings is 1. The number of Topliss-reactive ketones (excluding diaryl/α,β-unsaturated/α-hetero) is 4. The van der Waals surface area contributed by atoms with Crippen LogP contribution < -0.4 is 10.1 Å². The zero-order valence-corrected chi connectivity index (χ0v) is 23.9. The quantitative estimate of drug-likeness (QED) is 0.248. The fourth-order valence-corrected chi connectivity index (χ4v) is 7.04. The number of phenols is 2. The number of amides is 1. The molecule has 1 saturated heterocycles. The molecule has 1 aliphatic carbocycles. The summed E-state index contributed by atoms with van der Waals surface area (Å²) in [7, 11) is 4.18. The average molecular weight is 579 g/mol. The summed E-state index contributed by atoms with van der Waals surface area (Å²) in [6, 6.07) is -2.96. The lowest BCUT2D eigenvalue weighted by atomic mass is 9.69. The van der Waals surface area contributed by atoms with Crippen LogP contribution in [0.5, 0.6) is 17.2 Å². The van der Waals surface area contributed by atoms with Crippen LogP contribution in [0.3, 0.4) is 0 Å². The number of hydrogen-bond acceptors (Lipinski definition) is 12. The molecule has 3 heterocycles. The Kier molecular flexibility index (Phi) is 6.95. The number of carbonyl (C=O) groups is 5. The summed E-state index contributed by atoms with van der Waals surface area (Å²) in [4.78, 5) is 68.7. The van der Waals surface area contributed by atoms with Gasteiger partial charge in [-0.2, -0.15) is 5.26 Å². The molecule has 1 aromatic carbocycles. The van der Waals surface area contributed by atoms with Crippen molar-refractivity contribution < 1.29 is 43.7 Å². The molecule has 1 fully saturated rings. The van der Waals surface area contributed by atoms with Crippen LogP contribution in [-0.4, -0.2) is 101 Å². The number of fused-ring (bicyclic) bond motifs is 6. The van der Waals surface area contributed by atoms with Crippen molar-refractivity contribution in [2.75, 3.05) is 27.8 Å². The van der Waals surface area contributed by atoms with Crippen molar-refractivity contribution in [3.8, 4) is 23.3 Å². The molecular formula is C29H30N4O9. The lowest BCUT2D eigenvalue weighted by molar-refractivity contribution is -0.137. The minimum Gasteiger partial charge on any atom is -0.507 e. The van der Waals surface area contributed by atoms with Crippen molar-refractivity contribution >= 4 is 29.0 Å². The Morgan fingerprint density at radius 3 is 2.31 bits per heavy atom. The first-order chi connectivity index (χ1) is 19.8. The fraction of sp³-hybridized carbons (Fsp3) is 0.448. The Labute approximate surface area is 241 Å². The number of piperazine rings is 1. The van der Waals surface area contributed by atoms with E-state index in [1.807, 2.05) is 0 Å². The van der Waals surface area contributed by atoms with Gasteiger partial charge >= 0.3 is 0 Å². The van der Waals surface area contributed by atoms with E-state index in [1.54, 1.807) is 16.8 Å². The van der Waals surface area contributed by atoms with Crippen molar-refractivity contribution in [3.63, 3.8) is 0 Å². The number of allylic oxidation sites excluding steroid dienone is 2. The van der Waals surface area contributed by atoms with Crippen LogP contribution in [0.1, 0.15) is 47.8 Å². The van der Waals surface area contributed by atoms with E-state index in [9.17, 15) is 39.4 Å². The summed E-state index contributed by atoms with van der Waals surface area (Å²) in [6.07, 6.45) is -0.0602. The number of nitriles is 1. The van der Waals surface area contributed by atoms with Gasteiger partial charge in [-0.3, -0.25) is 33.8 Å². The first kappa shape index (κ1) is 29.0. The molecule has 5 rings (SSSR count). The fourth-order valence-electron chi connectivity index (χ4n) is 7.04. The van der Waals surface area contributed by atoms with E-state index in [4.69, 9.17) is 9.47 Å². The molecule has 3 aliphatic heterocycles. The van der Waals surface area contributed by atoms with Crippen molar-refractivity contribution in [2.45, 2.75) is 57.4 Å². The largest absolute Gasteiger partial charge is 0.507 e. The molecule has 42 heavy (non-hydrogen) atoms. The Hall–Kier alpha value is -4.54. The standard InChI is InChI=1S/C29H30N4O9/c1-10-22(35)13-7-14-20-18-19(23(36)11(2)28(42-6)26(18)39)24(37)21(32(20)4)15(8-30)33(14)16(9-31-29(40)12(3)34)17(13)25(38)27(10)41-5/h14-16,20-21,36,39H,7,9H2,1-6H3,(H,31,40). The number of aromatic hydroxyl groups is 2. The Morgan fingerprint density at radius 1 is 1.07 bits per heavy atom. The van der Waals surface area contributed by atoms with E-state index in [0.717, 1.165) is 6.92 Å². The number of carbonyl (C=O) groups excluding carboxylic acids is 5. The van der Waals surface area contributed by atoms with Crippen molar-refractivity contribution in [1.29, 1.82) is 5.26 Å². The van der Waals surface area contributed by atoms with Crippen molar-refractivity contribution in [1.82, 2.24) is 15.1 Å². The molecule has 4 aliphatic rings. The van der Waals surface area contributed by atoms with Gasteiger partial charge < -0.3 is 25.0 Å². The summed E-state index contributed by atoms with van der Waals surface area (Å²) < 4.78 is 10.6. The summed E-state index contributed by atoms with van der Waals surface area (Å²) in [5.41, 5.74) is 0.327. The van der Waals surface area contributed by atoms with Crippen LogP contribution in [0, 0.1) is 18.3 Å². The van der Waals surface area contributed by atoms with E-state index in [1.165, 1.54) is 28.1 Å². The van der Waals surface area contributed by atoms with Crippen LogP contribution in [0.4, 0.5) is 0 Å². The third-order valence-corrected chi connectivity index (χ3v) is 8.88. The predicted molar refractivity (Wildman–Crippen MR) is 144 cm³/mol. The number of methoxy groups -OCH3 is 2. The number of rotatable bonds is 5. The topological polar surface area (TPSA) is 187 Å². The predicted octanol–water partition coefficient (Wildman–Crippen LogP) is 0.375. The molecule has 1 aromatic rings. The van der Waals surface area contributed by atoms with Gasteiger partial charge in [-0.15, -0.1) is 0 Å². The monoisotopic (exact) mass is 578 g/mol. The Morgan fingerprint density at radius 2 is 1.74 bits per heavy atom. The summed E-state index contributed by atoms with van der Waals surface area (Å²) in [6.45, 7) is 3.70. The number of ether oxygens (including phenoxy) is 2. The first-order valence-corrected chi connectivity index (χ1v) is 13.2. The molecule has 3 N–H and O–H groups in total. The summed E-state index contributed by atoms with van der Waals surface area (Å²) in [5.74, 6) is -4.36. The Balaban J connectivity index is 1.79. The van der Waals surface area contributed by atoms with Gasteiger partial charge in [-0.25, -0.2) is 0 Å². The zero-order chi connectivity index (χ0) is 30.9. The molecule has 5 unspecified atom stereocenters. The van der Waals surface area contributed by atoms with E-state index < -0.39 is 59.2 Å². The number of nitrogens with zero attached hydrogens (tertiary/aromatic N) is 3. The average Bonchev–Trinajstić information content (AvgIpc) is 2.95. The lowest BCUT2D eigenvalue weighted by Gasteiger charge is -2.59. The van der Waals surface area contributed by atoms with E-state index in [-0.39, 0.29) is 69.4 Å². The minimum absolute atomic E-state index is 0.00616. The summed E-state index contributed by atoms with van der Waals surface area (Å²) >= 11 is 0. The summed E-state index contributed by atoms with van der Waals surface area (Å²) in [5, 5.41) is 35.5. The second kappa shape index (κ2) is 10.1. The maximum Gasteiger partial charge on any atom is 0.287 e. The number of nitrogens with one attached hydrogen (secondary N) is 1. The molecule has 5 atom stereocenters. The van der Waals surface area contributed by atoms with Gasteiger partial charge in [0.1, 0.15) is 17.8 Å². The third-order valence-electron chi connectivity index (χ3n) is 8.88. The van der Waals surface area contributed by atoms with Gasteiger partial charge in [0.15, 0.2) is 28.8 Å². The molecule has 0 aromatic heterocycles. The number of phenolic OH excluding ortho intramolecular Hbond substituents is 2. The number of likely N-dealkylation sites (N-methyl/N-ethyl adjacent to an activating group) is 1. The molecule has 0 spiro atoms. The minimum atomic E-state index is -1.21. The van der Waals surface area contributed by atoms with Crippen molar-refractivity contribution in [2.24, 2.45) is 0 Å². The second-order valence-corrected chi connectivity index (χ2v) is 10.8. The van der Waals surface area contributed by atoms with Gasteiger partial charge in [-0.1, -0.05) is 0 Å². The maximum atomic E-state index is 14.0. The van der Waals surface area contributed by atoms with Crippen LogP contribution in [0.15, 0.2) is 22.5 Å². The Bertz CT molecular complexity index is 1600. The highest BCUT2D eigenvalue weighted by atomic mass is 16.5. The van der Waals surface area contributed by atoms with Crippen LogP contribution in [0.25, 0.3) is 0 Å². The van der Waals surface area contributed by atoms with Crippen LogP contribution >= 0.6 is 0 Å². The van der Waals surface area contributed by atoms with Gasteiger partial charge in [0.05, 0.1) is 37.9 Å². The van der Waals surface area contributed by atoms with Crippen LogP contribution in [0.2, 0.25) is 0 Å². The molecule has 1 amide bonds. The highest BCUT2D eigenvalue weighted by molar-refractivity contribution is 6.35. The number of ketones is 4. The van der Waals surface area contributed by atoms with Crippen molar-refractivity contribution in [3.05, 3.63) is 39.2 Å². The van der Waals surface area contributed by atoms with E-state index in [2.05, 4.69) is 11.4 Å². The highest BCUT2D eigenvalue weighted by Crippen LogP contribution is 2.56. The molecule has 0 radical (unpaired) electrons. The molecule has 13 heteroatoms. The van der Waals surface area contributed by atoms with E-state index >= 15 is 0 Å². The molecule has 2 bridgehead atoms. The second-order valence-electron chi connectivity index (χ2n) is 10.8. The molecular weight excluding hydrogens is 548 g/mol. The lowest BCUT2D eigenvalue weighted by Crippen LogP contribution is -2.72. The van der Waals surface area contributed by atoms with Gasteiger partial charge in [0.2, 0.25) is 11.6 Å². The molecule has 13 nitrogen and oxygen atoms in total. The molecule has 0 saturated carbocycles. The van der Waals surface area contributed by atoms with Gasteiger partial charge in [-0.05, 0) is 27.3 Å². The molecule has 220 valence electrons. The normalized spacial score (nSPS) is 27.2. The number of hydrogen-bond donors (Lipinski definition) is 3. The first-order valence-electron chi connectivity index (χ1n) is 13.2. The highest BCUT2D eigenvalue weighted by Gasteiger charge is 2.60.